The number of ether oxygens (including phenoxy) is 2. The Morgan fingerprint density at radius 1 is 0.962 bits per heavy atom. The first-order valence-corrected chi connectivity index (χ1v) is 8.50. The van der Waals surface area contributed by atoms with Gasteiger partial charge < -0.3 is 14.4 Å². The molecule has 2 aromatic carbocycles. The van der Waals surface area contributed by atoms with Gasteiger partial charge in [-0.1, -0.05) is 0 Å². The van der Waals surface area contributed by atoms with Crippen LogP contribution in [-0.4, -0.2) is 31.5 Å². The van der Waals surface area contributed by atoms with E-state index in [0.717, 1.165) is 16.9 Å². The summed E-state index contributed by atoms with van der Waals surface area (Å²) in [4.78, 5) is 30.1. The van der Waals surface area contributed by atoms with E-state index in [9.17, 15) is 9.59 Å². The van der Waals surface area contributed by atoms with E-state index in [1.165, 1.54) is 0 Å². The Bertz CT molecular complexity index is 843. The van der Waals surface area contributed by atoms with Gasteiger partial charge in [0.1, 0.15) is 0 Å². The zero-order valence-electron chi connectivity index (χ0n) is 14.8. The van der Waals surface area contributed by atoms with Crippen molar-refractivity contribution in [3.63, 3.8) is 0 Å². The monoisotopic (exact) mass is 352 g/mol. The Hall–Kier alpha value is -3.15. The molecular weight excluding hydrogens is 332 g/mol. The van der Waals surface area contributed by atoms with E-state index >= 15 is 0 Å². The first-order chi connectivity index (χ1) is 12.6. The average molecular weight is 352 g/mol. The minimum atomic E-state index is -0.338. The van der Waals surface area contributed by atoms with Crippen LogP contribution in [0.3, 0.4) is 0 Å². The number of esters is 2. The largest absolute Gasteiger partial charge is 0.462 e. The summed E-state index contributed by atoms with van der Waals surface area (Å²) in [7, 11) is 0. The summed E-state index contributed by atoms with van der Waals surface area (Å²) in [6.07, 6.45) is 1.74. The Morgan fingerprint density at radius 3 is 2.23 bits per heavy atom. The third-order valence-corrected chi connectivity index (χ3v) is 3.98. The zero-order valence-corrected chi connectivity index (χ0v) is 14.8. The van der Waals surface area contributed by atoms with Crippen molar-refractivity contribution in [3.05, 3.63) is 59.2 Å². The summed E-state index contributed by atoms with van der Waals surface area (Å²) >= 11 is 0. The predicted octanol–water partition coefficient (Wildman–Crippen LogP) is 3.72. The van der Waals surface area contributed by atoms with Crippen molar-refractivity contribution in [2.45, 2.75) is 20.4 Å². The van der Waals surface area contributed by atoms with Crippen LogP contribution in [0, 0.1) is 0 Å². The summed E-state index contributed by atoms with van der Waals surface area (Å²) in [5.74, 6) is -0.675. The van der Waals surface area contributed by atoms with Gasteiger partial charge in [-0.2, -0.15) is 0 Å². The molecule has 3 rings (SSSR count). The molecule has 0 aromatic heterocycles. The highest BCUT2D eigenvalue weighted by Gasteiger charge is 2.17. The van der Waals surface area contributed by atoms with Crippen LogP contribution in [0.4, 0.5) is 11.4 Å². The Labute approximate surface area is 152 Å². The number of hydrogen-bond donors (Lipinski definition) is 0. The minimum absolute atomic E-state index is 0.337. The summed E-state index contributed by atoms with van der Waals surface area (Å²) < 4.78 is 10.0. The summed E-state index contributed by atoms with van der Waals surface area (Å²) in [6, 6.07) is 12.5. The van der Waals surface area contributed by atoms with Gasteiger partial charge in [-0.05, 0) is 61.9 Å². The summed E-state index contributed by atoms with van der Waals surface area (Å²) in [5, 5.41) is 0. The highest BCUT2D eigenvalue weighted by Crippen LogP contribution is 2.28. The van der Waals surface area contributed by atoms with Crippen LogP contribution < -0.4 is 4.90 Å². The number of nitrogens with zero attached hydrogens (tertiary/aromatic N) is 2. The number of anilines is 1. The third-order valence-electron chi connectivity index (χ3n) is 3.98. The molecule has 0 aliphatic carbocycles. The van der Waals surface area contributed by atoms with Gasteiger partial charge in [-0.3, -0.25) is 0 Å². The number of benzene rings is 2. The first-order valence-electron chi connectivity index (χ1n) is 8.50. The molecule has 0 N–H and O–H groups in total. The maximum absolute atomic E-state index is 11.9. The maximum Gasteiger partial charge on any atom is 0.338 e. The lowest BCUT2D eigenvalue weighted by atomic mass is 10.1. The van der Waals surface area contributed by atoms with Crippen LogP contribution in [0.5, 0.6) is 0 Å². The molecule has 0 atom stereocenters. The molecule has 0 saturated carbocycles. The second-order valence-corrected chi connectivity index (χ2v) is 5.70. The van der Waals surface area contributed by atoms with E-state index in [-0.39, 0.29) is 11.9 Å². The molecule has 2 aromatic rings. The Balaban J connectivity index is 1.78. The molecule has 0 fully saturated rings. The molecular formula is C20H20N2O4. The summed E-state index contributed by atoms with van der Waals surface area (Å²) in [5.41, 5.74) is 3.69. The van der Waals surface area contributed by atoms with E-state index in [0.29, 0.717) is 30.9 Å². The summed E-state index contributed by atoms with van der Waals surface area (Å²) in [6.45, 7) is 4.82. The van der Waals surface area contributed by atoms with Crippen molar-refractivity contribution in [2.24, 2.45) is 4.99 Å². The van der Waals surface area contributed by atoms with Crippen LogP contribution in [-0.2, 0) is 16.0 Å². The second-order valence-electron chi connectivity index (χ2n) is 5.70. The van der Waals surface area contributed by atoms with Crippen molar-refractivity contribution in [1.82, 2.24) is 0 Å². The fourth-order valence-electron chi connectivity index (χ4n) is 2.70. The van der Waals surface area contributed by atoms with Gasteiger partial charge in [0, 0.05) is 5.69 Å². The Morgan fingerprint density at radius 2 is 1.58 bits per heavy atom. The van der Waals surface area contributed by atoms with E-state index in [4.69, 9.17) is 9.47 Å². The molecule has 0 spiro atoms. The molecule has 6 nitrogen and oxygen atoms in total. The SMILES string of the molecule is CCOC(=O)c1ccc(N2C=Nc3ccc(C(=O)OCC)cc3C2)cc1. The normalized spacial score (nSPS) is 12.5. The lowest BCUT2D eigenvalue weighted by molar-refractivity contribution is 0.0516. The van der Waals surface area contributed by atoms with E-state index in [2.05, 4.69) is 4.99 Å². The van der Waals surface area contributed by atoms with Gasteiger partial charge >= 0.3 is 11.9 Å². The van der Waals surface area contributed by atoms with Crippen LogP contribution >= 0.6 is 0 Å². The van der Waals surface area contributed by atoms with Gasteiger partial charge in [-0.25, -0.2) is 14.6 Å². The van der Waals surface area contributed by atoms with E-state index < -0.39 is 0 Å². The number of rotatable bonds is 5. The highest BCUT2D eigenvalue weighted by molar-refractivity contribution is 5.92. The highest BCUT2D eigenvalue weighted by atomic mass is 16.5. The van der Waals surface area contributed by atoms with Gasteiger partial charge in [0.15, 0.2) is 0 Å². The third kappa shape index (κ3) is 3.74. The van der Waals surface area contributed by atoms with Crippen LogP contribution in [0.1, 0.15) is 40.1 Å². The standard InChI is InChI=1S/C20H20N2O4/c1-3-25-19(23)14-5-8-17(9-6-14)22-12-16-11-15(20(24)26-4-2)7-10-18(16)21-13-22/h5-11,13H,3-4,12H2,1-2H3. The molecule has 1 aliphatic rings. The average Bonchev–Trinajstić information content (AvgIpc) is 2.67. The van der Waals surface area contributed by atoms with Gasteiger partial charge in [0.25, 0.3) is 0 Å². The molecule has 0 unspecified atom stereocenters. The second kappa shape index (κ2) is 7.82. The lowest BCUT2D eigenvalue weighted by Gasteiger charge is -2.24. The number of aliphatic imine (C=N–C) groups is 1. The fourth-order valence-corrected chi connectivity index (χ4v) is 2.70. The fraction of sp³-hybridized carbons (Fsp3) is 0.250. The van der Waals surface area contributed by atoms with Crippen LogP contribution in [0.15, 0.2) is 47.5 Å². The molecule has 134 valence electrons. The van der Waals surface area contributed by atoms with Crippen molar-refractivity contribution < 1.29 is 19.1 Å². The molecule has 1 heterocycles. The van der Waals surface area contributed by atoms with Gasteiger partial charge in [-0.15, -0.1) is 0 Å². The number of carbonyl (C=O) groups is 2. The van der Waals surface area contributed by atoms with E-state index in [1.807, 2.05) is 29.2 Å². The quantitative estimate of drug-likeness (QED) is 0.767. The predicted molar refractivity (Wildman–Crippen MR) is 99.1 cm³/mol. The van der Waals surface area contributed by atoms with Crippen LogP contribution in [0.2, 0.25) is 0 Å². The van der Waals surface area contributed by atoms with Gasteiger partial charge in [0.05, 0.1) is 42.9 Å². The topological polar surface area (TPSA) is 68.2 Å². The minimum Gasteiger partial charge on any atom is -0.462 e. The molecule has 0 bridgehead atoms. The van der Waals surface area contributed by atoms with E-state index in [1.54, 1.807) is 38.4 Å². The Kier molecular flexibility index (Phi) is 5.31. The molecule has 26 heavy (non-hydrogen) atoms. The molecule has 1 aliphatic heterocycles. The van der Waals surface area contributed by atoms with Crippen molar-refractivity contribution in [3.8, 4) is 0 Å². The van der Waals surface area contributed by atoms with Crippen molar-refractivity contribution in [2.75, 3.05) is 18.1 Å². The van der Waals surface area contributed by atoms with Gasteiger partial charge in [0.2, 0.25) is 0 Å². The van der Waals surface area contributed by atoms with Crippen molar-refractivity contribution in [1.29, 1.82) is 0 Å². The molecule has 0 saturated heterocycles. The zero-order chi connectivity index (χ0) is 18.5. The lowest BCUT2D eigenvalue weighted by Crippen LogP contribution is -2.23. The number of fused-ring (bicyclic) bond motifs is 1. The number of hydrogen-bond acceptors (Lipinski definition) is 6. The number of carbonyl (C=O) groups excluding carboxylic acids is 2. The van der Waals surface area contributed by atoms with Crippen molar-refractivity contribution >= 4 is 29.7 Å². The maximum atomic E-state index is 11.9. The van der Waals surface area contributed by atoms with Crippen LogP contribution in [0.25, 0.3) is 0 Å². The molecule has 6 heteroatoms. The smallest absolute Gasteiger partial charge is 0.338 e. The first kappa shape index (κ1) is 17.7. The molecule has 0 radical (unpaired) electrons. The molecule has 0 amide bonds.